The Labute approximate surface area is 160 Å². The molecule has 146 valence electrons. The van der Waals surface area contributed by atoms with Crippen LogP contribution in [-0.2, 0) is 31.4 Å². The lowest BCUT2D eigenvalue weighted by molar-refractivity contribution is -0.0212. The maximum atomic E-state index is 5.62. The van der Waals surface area contributed by atoms with Crippen molar-refractivity contribution in [3.63, 3.8) is 0 Å². The lowest BCUT2D eigenvalue weighted by atomic mass is 10.1. The van der Waals surface area contributed by atoms with Crippen LogP contribution >= 0.6 is 0 Å². The number of aliphatic imine (C=N–C) groups is 1. The van der Waals surface area contributed by atoms with Gasteiger partial charge in [-0.3, -0.25) is 14.6 Å². The highest BCUT2D eigenvalue weighted by atomic mass is 16.5. The summed E-state index contributed by atoms with van der Waals surface area (Å²) < 4.78 is 7.37. The fourth-order valence-electron chi connectivity index (χ4n) is 3.18. The fraction of sp³-hybridized carbons (Fsp3) is 0.526. The van der Waals surface area contributed by atoms with Gasteiger partial charge < -0.3 is 15.4 Å². The van der Waals surface area contributed by atoms with Crippen LogP contribution in [0.1, 0.15) is 23.9 Å². The predicted molar refractivity (Wildman–Crippen MR) is 105 cm³/mol. The lowest BCUT2D eigenvalue weighted by Crippen LogP contribution is -2.40. The van der Waals surface area contributed by atoms with Gasteiger partial charge in [-0.2, -0.15) is 5.10 Å². The molecule has 0 saturated carbocycles. The van der Waals surface area contributed by atoms with E-state index in [0.717, 1.165) is 38.0 Å². The number of morpholine rings is 1. The van der Waals surface area contributed by atoms with Crippen LogP contribution < -0.4 is 10.6 Å². The molecule has 1 unspecified atom stereocenters. The molecular formula is C19H29N7O. The first-order valence-electron chi connectivity index (χ1n) is 9.33. The molecule has 1 aliphatic rings. The van der Waals surface area contributed by atoms with E-state index in [1.807, 2.05) is 7.05 Å². The van der Waals surface area contributed by atoms with Crippen molar-refractivity contribution >= 4 is 5.96 Å². The van der Waals surface area contributed by atoms with Crippen molar-refractivity contribution in [2.24, 2.45) is 12.0 Å². The zero-order valence-corrected chi connectivity index (χ0v) is 16.4. The Morgan fingerprint density at radius 3 is 2.85 bits per heavy atom. The van der Waals surface area contributed by atoms with Crippen molar-refractivity contribution in [1.82, 2.24) is 30.3 Å². The molecule has 2 aromatic rings. The number of nitrogens with one attached hydrogen (secondary N) is 2. The van der Waals surface area contributed by atoms with Gasteiger partial charge in [0.1, 0.15) is 12.2 Å². The predicted octanol–water partition coefficient (Wildman–Crippen LogP) is 0.901. The van der Waals surface area contributed by atoms with Crippen LogP contribution in [0.5, 0.6) is 0 Å². The number of ether oxygens (including phenoxy) is 1. The highest BCUT2D eigenvalue weighted by Crippen LogP contribution is 2.12. The molecule has 1 aromatic carbocycles. The number of hydrogen-bond donors (Lipinski definition) is 2. The Balaban J connectivity index is 1.50. The first kappa shape index (κ1) is 19.3. The van der Waals surface area contributed by atoms with Gasteiger partial charge in [0, 0.05) is 40.3 Å². The summed E-state index contributed by atoms with van der Waals surface area (Å²) in [6, 6.07) is 8.69. The second kappa shape index (κ2) is 9.48. The van der Waals surface area contributed by atoms with Gasteiger partial charge in [-0.15, -0.1) is 0 Å². The van der Waals surface area contributed by atoms with Crippen LogP contribution in [0.15, 0.2) is 35.6 Å². The third-order valence-corrected chi connectivity index (χ3v) is 4.63. The Hall–Kier alpha value is -2.45. The van der Waals surface area contributed by atoms with Crippen LogP contribution in [0, 0.1) is 0 Å². The third kappa shape index (κ3) is 5.77. The van der Waals surface area contributed by atoms with E-state index in [1.165, 1.54) is 11.1 Å². The summed E-state index contributed by atoms with van der Waals surface area (Å²) in [7, 11) is 3.64. The standard InChI is InChI=1S/C19H29N7O/c1-15-12-26(7-8-27-15)13-17-6-4-5-16(9-17)10-21-19(20-2)22-11-18-23-14-24-25(18)3/h4-6,9,14-15H,7-8,10-13H2,1-3H3,(H2,20,21,22). The van der Waals surface area contributed by atoms with Gasteiger partial charge in [0.15, 0.2) is 5.96 Å². The SMILES string of the molecule is CN=C(NCc1cccc(CN2CCOC(C)C2)c1)NCc1ncnn1C. The summed E-state index contributed by atoms with van der Waals surface area (Å²) in [5, 5.41) is 10.7. The first-order chi connectivity index (χ1) is 13.1. The van der Waals surface area contributed by atoms with Gasteiger partial charge in [0.05, 0.1) is 19.3 Å². The molecule has 1 aromatic heterocycles. The maximum absolute atomic E-state index is 5.62. The second-order valence-electron chi connectivity index (χ2n) is 6.82. The van der Waals surface area contributed by atoms with Crippen molar-refractivity contribution < 1.29 is 4.74 Å². The minimum atomic E-state index is 0.312. The Kier molecular flexibility index (Phi) is 6.78. The first-order valence-corrected chi connectivity index (χ1v) is 9.33. The lowest BCUT2D eigenvalue weighted by Gasteiger charge is -2.31. The minimum absolute atomic E-state index is 0.312. The Bertz CT molecular complexity index is 758. The Morgan fingerprint density at radius 2 is 2.11 bits per heavy atom. The number of guanidine groups is 1. The van der Waals surface area contributed by atoms with E-state index in [1.54, 1.807) is 18.1 Å². The topological polar surface area (TPSA) is 79.6 Å². The van der Waals surface area contributed by atoms with Crippen LogP contribution in [0.4, 0.5) is 0 Å². The van der Waals surface area contributed by atoms with Crippen molar-refractivity contribution in [3.05, 3.63) is 47.5 Å². The molecule has 2 heterocycles. The maximum Gasteiger partial charge on any atom is 0.191 e. The van der Waals surface area contributed by atoms with Crippen molar-refractivity contribution in [2.45, 2.75) is 32.7 Å². The molecule has 0 spiro atoms. The molecule has 3 rings (SSSR count). The van der Waals surface area contributed by atoms with E-state index in [4.69, 9.17) is 4.74 Å². The summed E-state index contributed by atoms with van der Waals surface area (Å²) >= 11 is 0. The molecule has 0 bridgehead atoms. The van der Waals surface area contributed by atoms with Crippen molar-refractivity contribution in [2.75, 3.05) is 26.7 Å². The summed E-state index contributed by atoms with van der Waals surface area (Å²) in [5.41, 5.74) is 2.56. The van der Waals surface area contributed by atoms with E-state index < -0.39 is 0 Å². The molecule has 8 nitrogen and oxygen atoms in total. The molecule has 0 radical (unpaired) electrons. The van der Waals surface area contributed by atoms with Crippen LogP contribution in [0.25, 0.3) is 0 Å². The molecule has 1 fully saturated rings. The van der Waals surface area contributed by atoms with E-state index >= 15 is 0 Å². The zero-order valence-electron chi connectivity index (χ0n) is 16.4. The molecule has 1 saturated heterocycles. The molecule has 1 atom stereocenters. The largest absolute Gasteiger partial charge is 0.376 e. The average Bonchev–Trinajstić information content (AvgIpc) is 3.07. The highest BCUT2D eigenvalue weighted by molar-refractivity contribution is 5.79. The summed E-state index contributed by atoms with van der Waals surface area (Å²) in [5.74, 6) is 1.60. The van der Waals surface area contributed by atoms with Crippen LogP contribution in [0.3, 0.4) is 0 Å². The molecular weight excluding hydrogens is 342 g/mol. The Morgan fingerprint density at radius 1 is 1.30 bits per heavy atom. The van der Waals surface area contributed by atoms with Crippen molar-refractivity contribution in [3.8, 4) is 0 Å². The van der Waals surface area contributed by atoms with Gasteiger partial charge in [-0.05, 0) is 18.1 Å². The number of rotatable bonds is 6. The third-order valence-electron chi connectivity index (χ3n) is 4.63. The average molecular weight is 371 g/mol. The number of aryl methyl sites for hydroxylation is 1. The number of benzene rings is 1. The number of hydrogen-bond acceptors (Lipinski definition) is 5. The monoisotopic (exact) mass is 371 g/mol. The number of aromatic nitrogens is 3. The van der Waals surface area contributed by atoms with Gasteiger partial charge in [-0.1, -0.05) is 24.3 Å². The molecule has 8 heteroatoms. The molecule has 27 heavy (non-hydrogen) atoms. The van der Waals surface area contributed by atoms with Crippen molar-refractivity contribution in [1.29, 1.82) is 0 Å². The normalized spacial score (nSPS) is 18.5. The summed E-state index contributed by atoms with van der Waals surface area (Å²) in [4.78, 5) is 10.9. The molecule has 2 N–H and O–H groups in total. The zero-order chi connectivity index (χ0) is 19.1. The van der Waals surface area contributed by atoms with Gasteiger partial charge in [0.2, 0.25) is 0 Å². The highest BCUT2D eigenvalue weighted by Gasteiger charge is 2.16. The van der Waals surface area contributed by atoms with Gasteiger partial charge >= 0.3 is 0 Å². The molecule has 0 amide bonds. The number of nitrogens with zero attached hydrogens (tertiary/aromatic N) is 5. The fourth-order valence-corrected chi connectivity index (χ4v) is 3.18. The summed E-state index contributed by atoms with van der Waals surface area (Å²) in [6.45, 7) is 7.17. The molecule has 1 aliphatic heterocycles. The summed E-state index contributed by atoms with van der Waals surface area (Å²) in [6.07, 6.45) is 1.86. The second-order valence-corrected chi connectivity index (χ2v) is 6.82. The minimum Gasteiger partial charge on any atom is -0.376 e. The van der Waals surface area contributed by atoms with Crippen LogP contribution in [-0.4, -0.2) is 58.5 Å². The smallest absolute Gasteiger partial charge is 0.191 e. The van der Waals surface area contributed by atoms with E-state index in [0.29, 0.717) is 19.2 Å². The van der Waals surface area contributed by atoms with Gasteiger partial charge in [0.25, 0.3) is 0 Å². The van der Waals surface area contributed by atoms with Crippen LogP contribution in [0.2, 0.25) is 0 Å². The van der Waals surface area contributed by atoms with E-state index in [-0.39, 0.29) is 0 Å². The van der Waals surface area contributed by atoms with E-state index in [2.05, 4.69) is 61.8 Å². The molecule has 0 aliphatic carbocycles. The van der Waals surface area contributed by atoms with E-state index in [9.17, 15) is 0 Å². The van der Waals surface area contributed by atoms with Gasteiger partial charge in [-0.25, -0.2) is 4.98 Å². The quantitative estimate of drug-likeness (QED) is 0.580.